The zero-order chi connectivity index (χ0) is 14.4. The molecule has 0 saturated heterocycles. The monoisotopic (exact) mass is 270 g/mol. The third-order valence-corrected chi connectivity index (χ3v) is 4.23. The van der Waals surface area contributed by atoms with E-state index in [0.29, 0.717) is 18.8 Å². The molecule has 2 amide bonds. The van der Waals surface area contributed by atoms with Crippen LogP contribution in [-0.4, -0.2) is 29.2 Å². The first kappa shape index (κ1) is 15.8. The summed E-state index contributed by atoms with van der Waals surface area (Å²) in [5.41, 5.74) is 0. The number of carbonyl (C=O) groups excluding carboxylic acids is 1. The molecule has 1 aliphatic rings. The minimum atomic E-state index is -0.755. The number of carboxylic acids is 1. The molecule has 110 valence electrons. The molecule has 0 radical (unpaired) electrons. The Morgan fingerprint density at radius 3 is 2.37 bits per heavy atom. The van der Waals surface area contributed by atoms with Gasteiger partial charge < -0.3 is 15.7 Å². The number of hydrogen-bond acceptors (Lipinski definition) is 2. The van der Waals surface area contributed by atoms with E-state index in [1.807, 2.05) is 6.92 Å². The molecule has 1 fully saturated rings. The van der Waals surface area contributed by atoms with Gasteiger partial charge >= 0.3 is 12.0 Å². The van der Waals surface area contributed by atoms with Gasteiger partial charge in [-0.3, -0.25) is 4.79 Å². The van der Waals surface area contributed by atoms with Gasteiger partial charge in [0, 0.05) is 12.1 Å². The van der Waals surface area contributed by atoms with Gasteiger partial charge in [0.1, 0.15) is 0 Å². The number of amides is 2. The zero-order valence-electron chi connectivity index (χ0n) is 12.1. The van der Waals surface area contributed by atoms with E-state index in [2.05, 4.69) is 24.5 Å². The van der Waals surface area contributed by atoms with Crippen molar-refractivity contribution in [3.8, 4) is 0 Å². The van der Waals surface area contributed by atoms with Crippen LogP contribution in [0.5, 0.6) is 0 Å². The Bertz CT molecular complexity index is 316. The van der Waals surface area contributed by atoms with Crippen LogP contribution in [0.25, 0.3) is 0 Å². The summed E-state index contributed by atoms with van der Waals surface area (Å²) in [4.78, 5) is 22.7. The molecule has 0 heterocycles. The highest BCUT2D eigenvalue weighted by Gasteiger charge is 2.30. The second-order valence-electron chi connectivity index (χ2n) is 5.53. The molecule has 5 heteroatoms. The minimum Gasteiger partial charge on any atom is -0.481 e. The molecular formula is C14H26N2O3. The van der Waals surface area contributed by atoms with Crippen molar-refractivity contribution in [2.75, 3.05) is 0 Å². The maximum absolute atomic E-state index is 11.9. The van der Waals surface area contributed by atoms with Crippen LogP contribution in [0.2, 0.25) is 0 Å². The van der Waals surface area contributed by atoms with Crippen molar-refractivity contribution in [1.29, 1.82) is 0 Å². The van der Waals surface area contributed by atoms with Gasteiger partial charge in [0.2, 0.25) is 0 Å². The lowest BCUT2D eigenvalue weighted by atomic mass is 9.96. The lowest BCUT2D eigenvalue weighted by molar-refractivity contribution is -0.141. The molecule has 5 nitrogen and oxygen atoms in total. The summed E-state index contributed by atoms with van der Waals surface area (Å²) < 4.78 is 0. The Hall–Kier alpha value is -1.26. The minimum absolute atomic E-state index is 0.00463. The number of hydrogen-bond donors (Lipinski definition) is 3. The number of nitrogens with one attached hydrogen (secondary N) is 2. The quantitative estimate of drug-likeness (QED) is 0.693. The van der Waals surface area contributed by atoms with Gasteiger partial charge in [-0.15, -0.1) is 0 Å². The van der Waals surface area contributed by atoms with Crippen molar-refractivity contribution in [2.45, 2.75) is 65.0 Å². The first-order valence-corrected chi connectivity index (χ1v) is 7.27. The van der Waals surface area contributed by atoms with E-state index in [-0.39, 0.29) is 24.0 Å². The molecule has 1 rings (SSSR count). The molecular weight excluding hydrogens is 244 g/mol. The third kappa shape index (κ3) is 4.73. The lowest BCUT2D eigenvalue weighted by Crippen LogP contribution is -2.47. The van der Waals surface area contributed by atoms with E-state index in [0.717, 1.165) is 19.3 Å². The summed E-state index contributed by atoms with van der Waals surface area (Å²) in [6, 6.07) is -0.0304. The fraction of sp³-hybridized carbons (Fsp3) is 0.857. The Kier molecular flexibility index (Phi) is 6.12. The molecule has 0 aromatic rings. The number of aliphatic carboxylic acids is 1. The van der Waals surface area contributed by atoms with Gasteiger partial charge in [0.05, 0.1) is 5.92 Å². The van der Waals surface area contributed by atoms with Crippen LogP contribution in [0.1, 0.15) is 52.9 Å². The van der Waals surface area contributed by atoms with Crippen molar-refractivity contribution in [1.82, 2.24) is 10.6 Å². The average molecular weight is 270 g/mol. The highest BCUT2D eigenvalue weighted by Crippen LogP contribution is 2.25. The largest absolute Gasteiger partial charge is 0.481 e. The van der Waals surface area contributed by atoms with Crippen molar-refractivity contribution in [3.05, 3.63) is 0 Å². The molecule has 3 N–H and O–H groups in total. The van der Waals surface area contributed by atoms with Gasteiger partial charge in [-0.25, -0.2) is 4.79 Å². The van der Waals surface area contributed by atoms with Crippen LogP contribution in [0.4, 0.5) is 4.79 Å². The molecule has 0 aliphatic heterocycles. The normalized spacial score (nSPS) is 24.2. The zero-order valence-corrected chi connectivity index (χ0v) is 12.1. The standard InChI is InChI=1S/C14H26N2O3/c1-4-10(5-2)9(3)15-14(19)16-12-7-6-11(8-12)13(17)18/h9-12H,4-8H2,1-3H3,(H,17,18)(H2,15,16,19)/t9?,11-,12+/m1/s1. The highest BCUT2D eigenvalue weighted by molar-refractivity contribution is 5.75. The Morgan fingerprint density at radius 2 is 1.89 bits per heavy atom. The Labute approximate surface area is 115 Å². The summed E-state index contributed by atoms with van der Waals surface area (Å²) in [7, 11) is 0. The van der Waals surface area contributed by atoms with E-state index in [1.165, 1.54) is 0 Å². The second kappa shape index (κ2) is 7.36. The van der Waals surface area contributed by atoms with Gasteiger partial charge in [-0.05, 0) is 32.1 Å². The van der Waals surface area contributed by atoms with E-state index < -0.39 is 5.97 Å². The molecule has 0 aromatic heterocycles. The number of rotatable bonds is 6. The topological polar surface area (TPSA) is 78.4 Å². The smallest absolute Gasteiger partial charge is 0.315 e. The molecule has 1 unspecified atom stereocenters. The van der Waals surface area contributed by atoms with E-state index in [1.54, 1.807) is 0 Å². The van der Waals surface area contributed by atoms with Crippen molar-refractivity contribution >= 4 is 12.0 Å². The van der Waals surface area contributed by atoms with Gasteiger partial charge in [0.15, 0.2) is 0 Å². The number of carbonyl (C=O) groups is 2. The molecule has 1 aliphatic carbocycles. The molecule has 0 bridgehead atoms. The summed E-state index contributed by atoms with van der Waals surface area (Å²) in [6.07, 6.45) is 4.04. The van der Waals surface area contributed by atoms with Crippen molar-refractivity contribution in [3.63, 3.8) is 0 Å². The highest BCUT2D eigenvalue weighted by atomic mass is 16.4. The van der Waals surface area contributed by atoms with Crippen molar-refractivity contribution < 1.29 is 14.7 Å². The fourth-order valence-corrected chi connectivity index (χ4v) is 2.88. The third-order valence-electron chi connectivity index (χ3n) is 4.23. The molecule has 0 spiro atoms. The molecule has 0 aromatic carbocycles. The van der Waals surface area contributed by atoms with Crippen LogP contribution in [-0.2, 0) is 4.79 Å². The number of carboxylic acid groups (broad SMARTS) is 1. The van der Waals surface area contributed by atoms with Crippen LogP contribution in [0, 0.1) is 11.8 Å². The number of urea groups is 1. The van der Waals surface area contributed by atoms with Crippen LogP contribution < -0.4 is 10.6 Å². The van der Waals surface area contributed by atoms with Gasteiger partial charge in [0.25, 0.3) is 0 Å². The molecule has 3 atom stereocenters. The average Bonchev–Trinajstić information content (AvgIpc) is 2.78. The van der Waals surface area contributed by atoms with Gasteiger partial charge in [-0.2, -0.15) is 0 Å². The SMILES string of the molecule is CCC(CC)C(C)NC(=O)N[C@H]1CC[C@@H](C(=O)O)C1. The summed E-state index contributed by atoms with van der Waals surface area (Å²) in [6.45, 7) is 6.27. The van der Waals surface area contributed by atoms with Crippen molar-refractivity contribution in [2.24, 2.45) is 11.8 Å². The predicted molar refractivity (Wildman–Crippen MR) is 74.0 cm³/mol. The first-order valence-electron chi connectivity index (χ1n) is 7.27. The Balaban J connectivity index is 2.34. The maximum atomic E-state index is 11.9. The Morgan fingerprint density at radius 1 is 1.26 bits per heavy atom. The van der Waals surface area contributed by atoms with Crippen LogP contribution in [0.3, 0.4) is 0 Å². The molecule has 1 saturated carbocycles. The summed E-state index contributed by atoms with van der Waals surface area (Å²) >= 11 is 0. The first-order chi connectivity index (χ1) is 8.97. The second-order valence-corrected chi connectivity index (χ2v) is 5.53. The lowest BCUT2D eigenvalue weighted by Gasteiger charge is -2.23. The van der Waals surface area contributed by atoms with E-state index in [4.69, 9.17) is 5.11 Å². The molecule has 19 heavy (non-hydrogen) atoms. The maximum Gasteiger partial charge on any atom is 0.315 e. The summed E-state index contributed by atoms with van der Waals surface area (Å²) in [5, 5.41) is 14.8. The van der Waals surface area contributed by atoms with E-state index >= 15 is 0 Å². The fourth-order valence-electron chi connectivity index (χ4n) is 2.88. The van der Waals surface area contributed by atoms with Gasteiger partial charge in [-0.1, -0.05) is 26.7 Å². The van der Waals surface area contributed by atoms with Crippen LogP contribution >= 0.6 is 0 Å². The van der Waals surface area contributed by atoms with Crippen LogP contribution in [0.15, 0.2) is 0 Å². The summed E-state index contributed by atoms with van der Waals surface area (Å²) in [5.74, 6) is -0.571. The predicted octanol–water partition coefficient (Wildman–Crippen LogP) is 2.36. The van der Waals surface area contributed by atoms with E-state index in [9.17, 15) is 9.59 Å².